The summed E-state index contributed by atoms with van der Waals surface area (Å²) in [5.74, 6) is 1.17. The summed E-state index contributed by atoms with van der Waals surface area (Å²) in [5, 5.41) is 0.418. The third-order valence-corrected chi connectivity index (χ3v) is 5.77. The van der Waals surface area contributed by atoms with Crippen molar-refractivity contribution in [1.29, 1.82) is 0 Å². The number of fused-ring (bicyclic) bond motifs is 3. The number of ether oxygens (including phenoxy) is 3. The van der Waals surface area contributed by atoms with E-state index in [1.165, 1.54) is 0 Å². The number of rotatable bonds is 6. The van der Waals surface area contributed by atoms with E-state index in [1.54, 1.807) is 62.6 Å². The number of benzene rings is 2. The zero-order chi connectivity index (χ0) is 24.4. The van der Waals surface area contributed by atoms with Crippen molar-refractivity contribution in [3.8, 4) is 17.2 Å². The van der Waals surface area contributed by atoms with E-state index in [-0.39, 0.29) is 11.2 Å². The molecule has 0 radical (unpaired) electrons. The molecule has 8 nitrogen and oxygen atoms in total. The van der Waals surface area contributed by atoms with Gasteiger partial charge in [0.15, 0.2) is 0 Å². The largest absolute Gasteiger partial charge is 0.478 e. The molecule has 0 atom stereocenters. The molecule has 35 heavy (non-hydrogen) atoms. The Labute approximate surface area is 201 Å². The number of aromatic nitrogens is 1. The minimum Gasteiger partial charge on any atom is -0.478 e. The predicted octanol–water partition coefficient (Wildman–Crippen LogP) is 4.82. The number of carbonyl (C=O) groups is 1. The molecule has 178 valence electrons. The van der Waals surface area contributed by atoms with E-state index >= 15 is 0 Å². The van der Waals surface area contributed by atoms with Crippen LogP contribution in [-0.2, 0) is 17.8 Å². The fourth-order valence-corrected chi connectivity index (χ4v) is 4.06. The van der Waals surface area contributed by atoms with Gasteiger partial charge < -0.3 is 18.6 Å². The maximum atomic E-state index is 13.4. The van der Waals surface area contributed by atoms with Gasteiger partial charge in [0.25, 0.3) is 0 Å². The molecule has 4 aromatic rings. The van der Waals surface area contributed by atoms with Crippen molar-refractivity contribution in [1.82, 2.24) is 9.88 Å². The SMILES string of the molecule is CCOC(=O)c1ccc(Oc2c(C)oc3c4c(ccc3c2=O)OCN(Cc2ccncc2)C4)cc1. The van der Waals surface area contributed by atoms with E-state index in [0.29, 0.717) is 60.2 Å². The molecule has 5 rings (SSSR count). The van der Waals surface area contributed by atoms with Crippen molar-refractivity contribution in [2.24, 2.45) is 0 Å². The van der Waals surface area contributed by atoms with Gasteiger partial charge in [0.2, 0.25) is 11.2 Å². The van der Waals surface area contributed by atoms with Crippen molar-refractivity contribution in [3.05, 3.63) is 93.6 Å². The number of aryl methyl sites for hydroxylation is 1. The lowest BCUT2D eigenvalue weighted by Crippen LogP contribution is -2.31. The molecule has 0 aliphatic carbocycles. The Hall–Kier alpha value is -4.17. The summed E-state index contributed by atoms with van der Waals surface area (Å²) in [4.78, 5) is 31.4. The van der Waals surface area contributed by atoms with E-state index in [2.05, 4.69) is 9.88 Å². The van der Waals surface area contributed by atoms with Crippen LogP contribution in [0.1, 0.15) is 34.2 Å². The smallest absolute Gasteiger partial charge is 0.338 e. The lowest BCUT2D eigenvalue weighted by atomic mass is 10.1. The van der Waals surface area contributed by atoms with Gasteiger partial charge in [0.1, 0.15) is 29.6 Å². The number of hydrogen-bond donors (Lipinski definition) is 0. The third kappa shape index (κ3) is 4.61. The normalized spacial score (nSPS) is 13.2. The van der Waals surface area contributed by atoms with Crippen LogP contribution in [-0.4, -0.2) is 29.2 Å². The average Bonchev–Trinajstić information content (AvgIpc) is 2.87. The van der Waals surface area contributed by atoms with Crippen molar-refractivity contribution < 1.29 is 23.4 Å². The van der Waals surface area contributed by atoms with E-state index in [9.17, 15) is 9.59 Å². The molecule has 8 heteroatoms. The molecule has 1 aliphatic heterocycles. The van der Waals surface area contributed by atoms with Crippen LogP contribution < -0.4 is 14.9 Å². The molecule has 0 spiro atoms. The van der Waals surface area contributed by atoms with Crippen molar-refractivity contribution in [3.63, 3.8) is 0 Å². The number of nitrogens with zero attached hydrogens (tertiary/aromatic N) is 2. The van der Waals surface area contributed by atoms with Crippen LogP contribution in [0.5, 0.6) is 17.2 Å². The third-order valence-electron chi connectivity index (χ3n) is 5.77. The van der Waals surface area contributed by atoms with E-state index in [0.717, 1.165) is 11.1 Å². The van der Waals surface area contributed by atoms with Gasteiger partial charge in [-0.2, -0.15) is 0 Å². The number of esters is 1. The van der Waals surface area contributed by atoms with Crippen LogP contribution in [0.3, 0.4) is 0 Å². The Morgan fingerprint density at radius 1 is 1.09 bits per heavy atom. The number of pyridine rings is 1. The Kier molecular flexibility index (Phi) is 6.20. The van der Waals surface area contributed by atoms with Gasteiger partial charge in [-0.15, -0.1) is 0 Å². The second-order valence-corrected chi connectivity index (χ2v) is 8.20. The molecule has 3 heterocycles. The van der Waals surface area contributed by atoms with E-state index in [4.69, 9.17) is 18.6 Å². The van der Waals surface area contributed by atoms with Gasteiger partial charge >= 0.3 is 5.97 Å². The highest BCUT2D eigenvalue weighted by molar-refractivity contribution is 5.89. The van der Waals surface area contributed by atoms with Gasteiger partial charge in [-0.25, -0.2) is 4.79 Å². The van der Waals surface area contributed by atoms with Crippen LogP contribution in [0.2, 0.25) is 0 Å². The van der Waals surface area contributed by atoms with Crippen LogP contribution >= 0.6 is 0 Å². The first-order chi connectivity index (χ1) is 17.0. The molecule has 0 saturated heterocycles. The second kappa shape index (κ2) is 9.60. The maximum Gasteiger partial charge on any atom is 0.338 e. The maximum absolute atomic E-state index is 13.4. The molecular weight excluding hydrogens is 448 g/mol. The lowest BCUT2D eigenvalue weighted by Gasteiger charge is -2.29. The standard InChI is InChI=1S/C27H24N2O6/c1-3-32-27(31)19-4-6-20(7-5-19)35-25-17(2)34-26-21(24(25)30)8-9-23-22(26)15-29(16-33-23)14-18-10-12-28-13-11-18/h4-13H,3,14-16H2,1-2H3. The molecule has 0 unspecified atom stereocenters. The highest BCUT2D eigenvalue weighted by Gasteiger charge is 2.24. The highest BCUT2D eigenvalue weighted by Crippen LogP contribution is 2.34. The Morgan fingerprint density at radius 3 is 2.60 bits per heavy atom. The molecule has 0 N–H and O–H groups in total. The van der Waals surface area contributed by atoms with Crippen molar-refractivity contribution >= 4 is 16.9 Å². The minimum absolute atomic E-state index is 0.103. The summed E-state index contributed by atoms with van der Waals surface area (Å²) in [6.45, 7) is 5.44. The van der Waals surface area contributed by atoms with Crippen molar-refractivity contribution in [2.45, 2.75) is 26.9 Å². The van der Waals surface area contributed by atoms with E-state index in [1.807, 2.05) is 12.1 Å². The first-order valence-corrected chi connectivity index (χ1v) is 11.3. The fraction of sp³-hybridized carbons (Fsp3) is 0.222. The molecule has 0 saturated carbocycles. The molecule has 0 fully saturated rings. The highest BCUT2D eigenvalue weighted by atomic mass is 16.5. The quantitative estimate of drug-likeness (QED) is 0.369. The Balaban J connectivity index is 1.43. The Morgan fingerprint density at radius 2 is 1.86 bits per heavy atom. The molecule has 2 aromatic carbocycles. The summed E-state index contributed by atoms with van der Waals surface area (Å²) in [6.07, 6.45) is 3.52. The molecule has 2 aromatic heterocycles. The molecular formula is C27H24N2O6. The number of carbonyl (C=O) groups excluding carboxylic acids is 1. The second-order valence-electron chi connectivity index (χ2n) is 8.20. The zero-order valence-electron chi connectivity index (χ0n) is 19.4. The summed E-state index contributed by atoms with van der Waals surface area (Å²) < 4.78 is 22.9. The van der Waals surface area contributed by atoms with Gasteiger partial charge in [-0.05, 0) is 67.9 Å². The van der Waals surface area contributed by atoms with Crippen molar-refractivity contribution in [2.75, 3.05) is 13.3 Å². The lowest BCUT2D eigenvalue weighted by molar-refractivity contribution is 0.0526. The molecule has 1 aliphatic rings. The summed E-state index contributed by atoms with van der Waals surface area (Å²) in [7, 11) is 0. The van der Waals surface area contributed by atoms with Gasteiger partial charge in [-0.3, -0.25) is 14.7 Å². The summed E-state index contributed by atoms with van der Waals surface area (Å²) >= 11 is 0. The topological polar surface area (TPSA) is 91.1 Å². The van der Waals surface area contributed by atoms with Crippen LogP contribution in [0.15, 0.2) is 70.1 Å². The van der Waals surface area contributed by atoms with Gasteiger partial charge in [0, 0.05) is 25.5 Å². The van der Waals surface area contributed by atoms with Crippen LogP contribution in [0.4, 0.5) is 0 Å². The van der Waals surface area contributed by atoms with Crippen LogP contribution in [0, 0.1) is 6.92 Å². The minimum atomic E-state index is -0.412. The first kappa shape index (κ1) is 22.6. The van der Waals surface area contributed by atoms with Crippen LogP contribution in [0.25, 0.3) is 11.0 Å². The first-order valence-electron chi connectivity index (χ1n) is 11.3. The fourth-order valence-electron chi connectivity index (χ4n) is 4.06. The predicted molar refractivity (Wildman–Crippen MR) is 129 cm³/mol. The Bertz CT molecular complexity index is 1430. The zero-order valence-corrected chi connectivity index (χ0v) is 19.4. The van der Waals surface area contributed by atoms with Gasteiger partial charge in [0.05, 0.1) is 23.1 Å². The molecule has 0 amide bonds. The van der Waals surface area contributed by atoms with Gasteiger partial charge in [-0.1, -0.05) is 0 Å². The van der Waals surface area contributed by atoms with E-state index < -0.39 is 5.97 Å². The average molecular weight is 472 g/mol. The summed E-state index contributed by atoms with van der Waals surface area (Å²) in [5.41, 5.74) is 2.58. The number of hydrogen-bond acceptors (Lipinski definition) is 8. The molecule has 0 bridgehead atoms. The summed E-state index contributed by atoms with van der Waals surface area (Å²) in [6, 6.07) is 13.9. The monoisotopic (exact) mass is 472 g/mol.